The van der Waals surface area contributed by atoms with E-state index in [2.05, 4.69) is 21.9 Å². The van der Waals surface area contributed by atoms with Crippen molar-refractivity contribution in [1.29, 1.82) is 0 Å². The summed E-state index contributed by atoms with van der Waals surface area (Å²) in [6, 6.07) is 1.08. The van der Waals surface area contributed by atoms with Crippen LogP contribution in [-0.2, 0) is 11.8 Å². The molecule has 0 saturated carbocycles. The maximum absolute atomic E-state index is 11.1. The maximum atomic E-state index is 11.1. The molecule has 1 atom stereocenters. The third-order valence-corrected chi connectivity index (χ3v) is 2.65. The molecule has 0 aliphatic heterocycles. The van der Waals surface area contributed by atoms with Gasteiger partial charge in [-0.25, -0.2) is 14.8 Å². The molecule has 2 heterocycles. The molecule has 2 N–H and O–H groups in total. The van der Waals surface area contributed by atoms with Gasteiger partial charge in [0.25, 0.3) is 0 Å². The summed E-state index contributed by atoms with van der Waals surface area (Å²) in [5, 5.41) is 12.0. The van der Waals surface area contributed by atoms with Gasteiger partial charge in [-0.1, -0.05) is 6.08 Å². The molecule has 0 radical (unpaired) electrons. The van der Waals surface area contributed by atoms with E-state index in [1.54, 1.807) is 18.6 Å². The van der Waals surface area contributed by atoms with Crippen LogP contribution in [0.1, 0.15) is 6.42 Å². The molecule has 1 unspecified atom stereocenters. The normalized spacial score (nSPS) is 12.3. The largest absolute Gasteiger partial charge is 0.480 e. The van der Waals surface area contributed by atoms with E-state index in [1.807, 2.05) is 17.7 Å². The fraction of sp³-hybridized carbons (Fsp3) is 0.250. The monoisotopic (exact) mass is 246 g/mol. The van der Waals surface area contributed by atoms with E-state index in [0.29, 0.717) is 17.8 Å². The van der Waals surface area contributed by atoms with Gasteiger partial charge in [0.15, 0.2) is 5.82 Å². The van der Waals surface area contributed by atoms with Crippen LogP contribution in [0, 0.1) is 0 Å². The number of carboxylic acid groups (broad SMARTS) is 1. The Hall–Kier alpha value is -2.37. The third-order valence-electron chi connectivity index (χ3n) is 2.65. The number of carboxylic acids is 1. The van der Waals surface area contributed by atoms with Gasteiger partial charge in [0.05, 0.1) is 11.8 Å². The minimum Gasteiger partial charge on any atom is -0.480 e. The summed E-state index contributed by atoms with van der Waals surface area (Å²) in [5.74, 6) is -0.466. The van der Waals surface area contributed by atoms with Crippen molar-refractivity contribution < 1.29 is 9.90 Å². The summed E-state index contributed by atoms with van der Waals surface area (Å²) >= 11 is 0. The molecule has 2 aromatic rings. The molecular formula is C12H14N4O2. The van der Waals surface area contributed by atoms with E-state index in [9.17, 15) is 4.79 Å². The molecule has 0 aromatic carbocycles. The van der Waals surface area contributed by atoms with Gasteiger partial charge < -0.3 is 15.0 Å². The van der Waals surface area contributed by atoms with Crippen molar-refractivity contribution in [2.45, 2.75) is 12.5 Å². The Bertz CT molecular complexity index is 591. The fourth-order valence-electron chi connectivity index (χ4n) is 1.72. The second-order valence-corrected chi connectivity index (χ2v) is 3.94. The summed E-state index contributed by atoms with van der Waals surface area (Å²) in [6.45, 7) is 3.55. The summed E-state index contributed by atoms with van der Waals surface area (Å²) < 4.78 is 1.85. The molecule has 18 heavy (non-hydrogen) atoms. The number of nitrogens with zero attached hydrogens (tertiary/aromatic N) is 3. The minimum absolute atomic E-state index is 0.320. The molecule has 0 aliphatic carbocycles. The maximum Gasteiger partial charge on any atom is 0.326 e. The lowest BCUT2D eigenvalue weighted by Gasteiger charge is -2.13. The highest BCUT2D eigenvalue weighted by atomic mass is 16.4. The van der Waals surface area contributed by atoms with Gasteiger partial charge in [-0.15, -0.1) is 6.58 Å². The van der Waals surface area contributed by atoms with Crippen molar-refractivity contribution >= 4 is 22.8 Å². The smallest absolute Gasteiger partial charge is 0.326 e. The molecule has 0 bridgehead atoms. The van der Waals surface area contributed by atoms with Gasteiger partial charge in [0.1, 0.15) is 11.6 Å². The number of fused-ring (bicyclic) bond motifs is 1. The van der Waals surface area contributed by atoms with Crippen LogP contribution >= 0.6 is 0 Å². The lowest BCUT2D eigenvalue weighted by Crippen LogP contribution is -2.29. The number of aryl methyl sites for hydroxylation is 1. The van der Waals surface area contributed by atoms with Crippen LogP contribution < -0.4 is 5.32 Å². The van der Waals surface area contributed by atoms with Crippen molar-refractivity contribution in [2.75, 3.05) is 5.32 Å². The Morgan fingerprint density at radius 3 is 3.11 bits per heavy atom. The number of anilines is 1. The molecule has 6 heteroatoms. The number of hydrogen-bond acceptors (Lipinski definition) is 4. The molecule has 2 aromatic heterocycles. The van der Waals surface area contributed by atoms with E-state index >= 15 is 0 Å². The van der Waals surface area contributed by atoms with Crippen LogP contribution in [0.2, 0.25) is 0 Å². The third kappa shape index (κ3) is 2.17. The first-order valence-electron chi connectivity index (χ1n) is 5.49. The number of aliphatic carboxylic acids is 1. The quantitative estimate of drug-likeness (QED) is 0.780. The molecule has 0 spiro atoms. The number of pyridine rings is 1. The lowest BCUT2D eigenvalue weighted by molar-refractivity contribution is -0.137. The fourth-order valence-corrected chi connectivity index (χ4v) is 1.72. The van der Waals surface area contributed by atoms with Crippen LogP contribution in [-0.4, -0.2) is 31.7 Å². The van der Waals surface area contributed by atoms with E-state index in [-0.39, 0.29) is 0 Å². The summed E-state index contributed by atoms with van der Waals surface area (Å²) in [6.07, 6.45) is 5.17. The number of nitrogens with one attached hydrogen (secondary N) is 1. The van der Waals surface area contributed by atoms with Crippen LogP contribution in [0.5, 0.6) is 0 Å². The van der Waals surface area contributed by atoms with Crippen LogP contribution in [0.3, 0.4) is 0 Å². The zero-order valence-corrected chi connectivity index (χ0v) is 10.00. The molecule has 2 rings (SSSR count). The highest BCUT2D eigenvalue weighted by Crippen LogP contribution is 2.19. The standard InChI is InChI=1S/C12H14N4O2/c1-3-4-8(12(17)18)15-11-10-9(5-6-13-11)16(2)7-14-10/h3,5-8H,1,4H2,2H3,(H,13,15)(H,17,18). The first kappa shape index (κ1) is 12.1. The van der Waals surface area contributed by atoms with Crippen LogP contribution in [0.4, 0.5) is 5.82 Å². The van der Waals surface area contributed by atoms with Crippen LogP contribution in [0.25, 0.3) is 11.0 Å². The highest BCUT2D eigenvalue weighted by Gasteiger charge is 2.17. The van der Waals surface area contributed by atoms with Crippen molar-refractivity contribution in [1.82, 2.24) is 14.5 Å². The summed E-state index contributed by atoms with van der Waals surface area (Å²) in [7, 11) is 1.87. The first-order chi connectivity index (χ1) is 8.63. The number of hydrogen-bond donors (Lipinski definition) is 2. The Balaban J connectivity index is 2.36. The Morgan fingerprint density at radius 2 is 2.44 bits per heavy atom. The van der Waals surface area contributed by atoms with Crippen molar-refractivity contribution in [3.8, 4) is 0 Å². The van der Waals surface area contributed by atoms with E-state index in [1.165, 1.54) is 0 Å². The zero-order valence-electron chi connectivity index (χ0n) is 10.00. The average molecular weight is 246 g/mol. The van der Waals surface area contributed by atoms with Gasteiger partial charge in [0.2, 0.25) is 0 Å². The molecule has 0 aliphatic rings. The Morgan fingerprint density at radius 1 is 1.67 bits per heavy atom. The SMILES string of the molecule is C=CCC(Nc1nccc2c1ncn2C)C(=O)O. The molecule has 94 valence electrons. The van der Waals surface area contributed by atoms with Gasteiger partial charge in [0, 0.05) is 13.2 Å². The van der Waals surface area contributed by atoms with Gasteiger partial charge in [-0.2, -0.15) is 0 Å². The highest BCUT2D eigenvalue weighted by molar-refractivity contribution is 5.88. The molecular weight excluding hydrogens is 232 g/mol. The number of aromatic nitrogens is 3. The van der Waals surface area contributed by atoms with E-state index in [0.717, 1.165) is 5.52 Å². The number of imidazole rings is 1. The molecule has 6 nitrogen and oxygen atoms in total. The van der Waals surface area contributed by atoms with Crippen LogP contribution in [0.15, 0.2) is 31.2 Å². The van der Waals surface area contributed by atoms with E-state index < -0.39 is 12.0 Å². The molecule has 0 amide bonds. The van der Waals surface area contributed by atoms with Gasteiger partial charge in [-0.3, -0.25) is 0 Å². The Labute approximate surface area is 104 Å². The zero-order chi connectivity index (χ0) is 13.1. The van der Waals surface area contributed by atoms with Crippen molar-refractivity contribution in [2.24, 2.45) is 7.05 Å². The second-order valence-electron chi connectivity index (χ2n) is 3.94. The summed E-state index contributed by atoms with van der Waals surface area (Å²) in [5.41, 5.74) is 1.56. The van der Waals surface area contributed by atoms with Crippen molar-refractivity contribution in [3.05, 3.63) is 31.2 Å². The topological polar surface area (TPSA) is 80.0 Å². The van der Waals surface area contributed by atoms with Gasteiger partial charge in [-0.05, 0) is 12.5 Å². The average Bonchev–Trinajstić information content (AvgIpc) is 2.72. The number of rotatable bonds is 5. The predicted octanol–water partition coefficient (Wildman–Crippen LogP) is 1.41. The summed E-state index contributed by atoms with van der Waals surface area (Å²) in [4.78, 5) is 19.4. The predicted molar refractivity (Wildman–Crippen MR) is 68.4 cm³/mol. The lowest BCUT2D eigenvalue weighted by atomic mass is 10.2. The van der Waals surface area contributed by atoms with Crippen molar-refractivity contribution in [3.63, 3.8) is 0 Å². The minimum atomic E-state index is -0.940. The molecule has 0 fully saturated rings. The van der Waals surface area contributed by atoms with E-state index in [4.69, 9.17) is 5.11 Å². The first-order valence-corrected chi connectivity index (χ1v) is 5.49. The second kappa shape index (κ2) is 4.87. The molecule has 0 saturated heterocycles. The van der Waals surface area contributed by atoms with Gasteiger partial charge >= 0.3 is 5.97 Å². The Kier molecular flexibility index (Phi) is 3.27. The number of carbonyl (C=O) groups is 1.